The van der Waals surface area contributed by atoms with Crippen LogP contribution in [-0.4, -0.2) is 52.2 Å². The molecule has 1 aliphatic heterocycles. The van der Waals surface area contributed by atoms with Crippen LogP contribution >= 0.6 is 23.5 Å². The van der Waals surface area contributed by atoms with Gasteiger partial charge in [-0.1, -0.05) is 13.8 Å². The second kappa shape index (κ2) is 8.58. The van der Waals surface area contributed by atoms with Crippen LogP contribution in [0.4, 0.5) is 4.79 Å². The van der Waals surface area contributed by atoms with Gasteiger partial charge in [0.05, 0.1) is 0 Å². The number of carboxylic acids is 1. The number of thioether (sulfide) groups is 2. The normalized spacial score (nSPS) is 20.9. The maximum Gasteiger partial charge on any atom is 0.326 e. The molecule has 19 heavy (non-hydrogen) atoms. The first-order valence-corrected chi connectivity index (χ1v) is 8.66. The topological polar surface area (TPSA) is 78.4 Å². The first kappa shape index (κ1) is 16.5. The average molecular weight is 306 g/mol. The van der Waals surface area contributed by atoms with Gasteiger partial charge in [0.2, 0.25) is 0 Å². The Balaban J connectivity index is 2.29. The van der Waals surface area contributed by atoms with Crippen molar-refractivity contribution in [3.05, 3.63) is 0 Å². The van der Waals surface area contributed by atoms with Gasteiger partial charge in [-0.05, 0) is 12.3 Å². The van der Waals surface area contributed by atoms with E-state index in [1.54, 1.807) is 0 Å². The van der Waals surface area contributed by atoms with E-state index in [2.05, 4.69) is 10.6 Å². The maximum atomic E-state index is 11.7. The fourth-order valence-corrected chi connectivity index (χ4v) is 4.37. The molecule has 5 nitrogen and oxygen atoms in total. The number of rotatable bonds is 6. The molecule has 0 aromatic rings. The van der Waals surface area contributed by atoms with Crippen LogP contribution in [-0.2, 0) is 4.79 Å². The summed E-state index contributed by atoms with van der Waals surface area (Å²) in [5, 5.41) is 14.8. The van der Waals surface area contributed by atoms with Crippen molar-refractivity contribution in [3.63, 3.8) is 0 Å². The Hall–Kier alpha value is -0.560. The molecule has 3 N–H and O–H groups in total. The van der Waals surface area contributed by atoms with E-state index in [0.717, 1.165) is 11.5 Å². The fourth-order valence-electron chi connectivity index (χ4n) is 1.76. The van der Waals surface area contributed by atoms with Gasteiger partial charge < -0.3 is 15.7 Å². The lowest BCUT2D eigenvalue weighted by Crippen LogP contribution is -2.48. The number of amides is 2. The molecule has 1 aliphatic rings. The predicted octanol–water partition coefficient (Wildman–Crippen LogP) is 1.63. The summed E-state index contributed by atoms with van der Waals surface area (Å²) >= 11 is 3.76. The molecular weight excluding hydrogens is 284 g/mol. The van der Waals surface area contributed by atoms with Crippen LogP contribution in [0.5, 0.6) is 0 Å². The first-order valence-electron chi connectivity index (χ1n) is 6.45. The van der Waals surface area contributed by atoms with E-state index in [1.165, 1.54) is 5.75 Å². The predicted molar refractivity (Wildman–Crippen MR) is 81.0 cm³/mol. The van der Waals surface area contributed by atoms with Crippen molar-refractivity contribution < 1.29 is 14.7 Å². The Morgan fingerprint density at radius 1 is 1.37 bits per heavy atom. The van der Waals surface area contributed by atoms with Gasteiger partial charge in [-0.2, -0.15) is 23.5 Å². The minimum Gasteiger partial charge on any atom is -0.480 e. The third kappa shape index (κ3) is 6.96. The number of carbonyl (C=O) groups excluding carboxylic acids is 1. The lowest BCUT2D eigenvalue weighted by molar-refractivity contribution is -0.139. The molecule has 0 aromatic carbocycles. The van der Waals surface area contributed by atoms with Gasteiger partial charge >= 0.3 is 12.0 Å². The highest BCUT2D eigenvalue weighted by molar-refractivity contribution is 8.06. The molecule has 0 aliphatic carbocycles. The first-order chi connectivity index (χ1) is 8.99. The third-order valence-electron chi connectivity index (χ3n) is 2.69. The molecule has 1 unspecified atom stereocenters. The molecule has 0 aromatic heterocycles. The zero-order valence-corrected chi connectivity index (χ0v) is 13.0. The van der Waals surface area contributed by atoms with Gasteiger partial charge in [0.15, 0.2) is 0 Å². The monoisotopic (exact) mass is 306 g/mol. The molecule has 0 saturated carbocycles. The van der Waals surface area contributed by atoms with Crippen LogP contribution in [0.2, 0.25) is 0 Å². The quantitative estimate of drug-likeness (QED) is 0.695. The van der Waals surface area contributed by atoms with E-state index in [1.807, 2.05) is 37.4 Å². The fraction of sp³-hybridized carbons (Fsp3) is 0.833. The number of aliphatic carboxylic acids is 1. The van der Waals surface area contributed by atoms with Crippen molar-refractivity contribution in [2.24, 2.45) is 5.92 Å². The molecule has 110 valence electrons. The van der Waals surface area contributed by atoms with E-state index in [9.17, 15) is 9.59 Å². The lowest BCUT2D eigenvalue weighted by Gasteiger charge is -2.22. The van der Waals surface area contributed by atoms with Crippen molar-refractivity contribution in [3.8, 4) is 0 Å². The van der Waals surface area contributed by atoms with Crippen LogP contribution in [0.15, 0.2) is 0 Å². The van der Waals surface area contributed by atoms with E-state index in [4.69, 9.17) is 5.11 Å². The highest BCUT2D eigenvalue weighted by Gasteiger charge is 2.21. The number of hydrogen-bond donors (Lipinski definition) is 3. The summed E-state index contributed by atoms with van der Waals surface area (Å²) in [6.45, 7) is 4.47. The van der Waals surface area contributed by atoms with Gasteiger partial charge in [0, 0.05) is 29.1 Å². The third-order valence-corrected chi connectivity index (χ3v) is 5.53. The minimum atomic E-state index is -0.980. The highest BCUT2D eigenvalue weighted by atomic mass is 32.2. The maximum absolute atomic E-state index is 11.7. The summed E-state index contributed by atoms with van der Waals surface area (Å²) in [6.07, 6.45) is 0.441. The van der Waals surface area contributed by atoms with Crippen LogP contribution in [0.3, 0.4) is 0 Å². The van der Waals surface area contributed by atoms with Crippen molar-refractivity contribution in [2.75, 3.05) is 23.8 Å². The standard InChI is InChI=1S/C12H22N2O3S2/c1-8(2)5-10(11(15)16)14-12(17)13-6-9-7-18-3-4-19-9/h8-10H,3-7H2,1-2H3,(H,15,16)(H2,13,14,17)/t9?,10-/m1/s1. The van der Waals surface area contributed by atoms with Crippen molar-refractivity contribution in [1.82, 2.24) is 10.6 Å². The zero-order valence-electron chi connectivity index (χ0n) is 11.3. The van der Waals surface area contributed by atoms with Gasteiger partial charge in [-0.3, -0.25) is 0 Å². The van der Waals surface area contributed by atoms with Crippen molar-refractivity contribution in [2.45, 2.75) is 31.6 Å². The van der Waals surface area contributed by atoms with E-state index in [0.29, 0.717) is 18.2 Å². The molecular formula is C12H22N2O3S2. The van der Waals surface area contributed by atoms with Gasteiger partial charge in [0.25, 0.3) is 0 Å². The number of nitrogens with one attached hydrogen (secondary N) is 2. The Morgan fingerprint density at radius 3 is 2.63 bits per heavy atom. The molecule has 2 atom stereocenters. The van der Waals surface area contributed by atoms with Crippen molar-refractivity contribution >= 4 is 35.5 Å². The number of hydrogen-bond acceptors (Lipinski definition) is 4. The second-order valence-electron chi connectivity index (χ2n) is 4.94. The number of urea groups is 1. The summed E-state index contributed by atoms with van der Waals surface area (Å²) < 4.78 is 0. The van der Waals surface area contributed by atoms with Crippen LogP contribution in [0, 0.1) is 5.92 Å². The molecule has 0 radical (unpaired) electrons. The Bertz CT molecular complexity index is 307. The molecule has 1 saturated heterocycles. The Labute approximate surface area is 122 Å². The van der Waals surface area contributed by atoms with Gasteiger partial charge in [-0.15, -0.1) is 0 Å². The largest absolute Gasteiger partial charge is 0.480 e. The van der Waals surface area contributed by atoms with E-state index >= 15 is 0 Å². The highest BCUT2D eigenvalue weighted by Crippen LogP contribution is 2.23. The summed E-state index contributed by atoms with van der Waals surface area (Å²) in [6, 6.07) is -1.20. The summed E-state index contributed by atoms with van der Waals surface area (Å²) in [4.78, 5) is 22.7. The smallest absolute Gasteiger partial charge is 0.326 e. The lowest BCUT2D eigenvalue weighted by atomic mass is 10.0. The Kier molecular flexibility index (Phi) is 7.45. The van der Waals surface area contributed by atoms with E-state index < -0.39 is 12.0 Å². The molecule has 1 fully saturated rings. The summed E-state index contributed by atoms with van der Waals surface area (Å²) in [5.41, 5.74) is 0. The zero-order chi connectivity index (χ0) is 14.3. The number of carboxylic acid groups (broad SMARTS) is 1. The second-order valence-corrected chi connectivity index (χ2v) is 7.50. The minimum absolute atomic E-state index is 0.228. The van der Waals surface area contributed by atoms with Crippen molar-refractivity contribution in [1.29, 1.82) is 0 Å². The SMILES string of the molecule is CC(C)C[C@@H](NC(=O)NCC1CSCCS1)C(=O)O. The van der Waals surface area contributed by atoms with Gasteiger partial charge in [-0.25, -0.2) is 9.59 Å². The molecule has 7 heteroatoms. The molecule has 1 rings (SSSR count). The molecule has 0 bridgehead atoms. The summed E-state index contributed by atoms with van der Waals surface area (Å²) in [7, 11) is 0. The summed E-state index contributed by atoms with van der Waals surface area (Å²) in [5.74, 6) is 2.57. The molecule has 2 amide bonds. The van der Waals surface area contributed by atoms with Crippen LogP contribution < -0.4 is 10.6 Å². The number of carbonyl (C=O) groups is 2. The van der Waals surface area contributed by atoms with Gasteiger partial charge in [0.1, 0.15) is 6.04 Å². The molecule has 1 heterocycles. The average Bonchev–Trinajstić information content (AvgIpc) is 2.36. The van der Waals surface area contributed by atoms with Crippen LogP contribution in [0.25, 0.3) is 0 Å². The van der Waals surface area contributed by atoms with E-state index in [-0.39, 0.29) is 11.9 Å². The van der Waals surface area contributed by atoms with Crippen LogP contribution in [0.1, 0.15) is 20.3 Å². The molecule has 0 spiro atoms. The Morgan fingerprint density at radius 2 is 2.11 bits per heavy atom.